The van der Waals surface area contributed by atoms with Crippen LogP contribution in [0.3, 0.4) is 0 Å². The van der Waals surface area contributed by atoms with Gasteiger partial charge in [0.15, 0.2) is 0 Å². The van der Waals surface area contributed by atoms with Crippen LogP contribution in [-0.2, 0) is 19.1 Å². The van der Waals surface area contributed by atoms with Gasteiger partial charge < -0.3 is 14.4 Å². The van der Waals surface area contributed by atoms with Crippen molar-refractivity contribution in [2.45, 2.75) is 105 Å². The Morgan fingerprint density at radius 3 is 1.68 bits per heavy atom. The number of carbonyl (C=O) groups excluding carboxylic acids is 2. The van der Waals surface area contributed by atoms with Crippen LogP contribution in [0.25, 0.3) is 0 Å². The molecule has 0 amide bonds. The van der Waals surface area contributed by atoms with Crippen LogP contribution in [0.5, 0.6) is 0 Å². The first-order chi connectivity index (χ1) is 12.8. The van der Waals surface area contributed by atoms with Crippen LogP contribution >= 0.6 is 0 Å². The van der Waals surface area contributed by atoms with E-state index in [1.807, 2.05) is 27.7 Å². The zero-order valence-electron chi connectivity index (χ0n) is 19.9. The molecule has 166 valence electrons. The van der Waals surface area contributed by atoms with Gasteiger partial charge in [0, 0.05) is 19.4 Å². The first-order valence-corrected chi connectivity index (χ1v) is 10.9. The molecule has 0 aliphatic carbocycles. The molecule has 0 aromatic heterocycles. The molecule has 0 N–H and O–H groups in total. The molecule has 0 spiro atoms. The molecule has 5 heteroatoms. The summed E-state index contributed by atoms with van der Waals surface area (Å²) in [4.78, 5) is 26.7. The van der Waals surface area contributed by atoms with Crippen LogP contribution in [0.15, 0.2) is 0 Å². The van der Waals surface area contributed by atoms with E-state index in [0.29, 0.717) is 31.6 Å². The van der Waals surface area contributed by atoms with Crippen molar-refractivity contribution in [2.24, 2.45) is 11.8 Å². The summed E-state index contributed by atoms with van der Waals surface area (Å²) in [6.07, 6.45) is 4.28. The Hall–Kier alpha value is -1.10. The summed E-state index contributed by atoms with van der Waals surface area (Å²) in [5.41, 5.74) is -1.14. The topological polar surface area (TPSA) is 55.8 Å². The highest BCUT2D eigenvalue weighted by atomic mass is 16.6. The number of hydrogen-bond donors (Lipinski definition) is 0. The van der Waals surface area contributed by atoms with Crippen molar-refractivity contribution in [1.29, 1.82) is 0 Å². The Bertz CT molecular complexity index is 473. The lowest BCUT2D eigenvalue weighted by atomic mass is 9.93. The van der Waals surface area contributed by atoms with Crippen LogP contribution in [0.4, 0.5) is 0 Å². The minimum absolute atomic E-state index is 0.144. The predicted molar refractivity (Wildman–Crippen MR) is 115 cm³/mol. The first-order valence-electron chi connectivity index (χ1n) is 10.9. The largest absolute Gasteiger partial charge is 0.460 e. The summed E-state index contributed by atoms with van der Waals surface area (Å²) in [6, 6.07) is 0. The lowest BCUT2D eigenvalue weighted by Gasteiger charge is -2.31. The van der Waals surface area contributed by atoms with Crippen LogP contribution in [0.1, 0.15) is 93.9 Å². The third-order valence-corrected chi connectivity index (χ3v) is 5.08. The van der Waals surface area contributed by atoms with Crippen molar-refractivity contribution in [1.82, 2.24) is 4.90 Å². The van der Waals surface area contributed by atoms with E-state index in [1.54, 1.807) is 0 Å². The Morgan fingerprint density at radius 1 is 0.857 bits per heavy atom. The Morgan fingerprint density at radius 2 is 1.29 bits per heavy atom. The SMILES string of the molecule is CCCC(C)CC(=O)OC(C)(C)CCC(C)(C)OC(=O)CC(C)CN(C)CC. The maximum atomic E-state index is 12.3. The zero-order valence-corrected chi connectivity index (χ0v) is 19.9. The molecule has 0 bridgehead atoms. The minimum Gasteiger partial charge on any atom is -0.460 e. The highest BCUT2D eigenvalue weighted by molar-refractivity contribution is 5.70. The lowest BCUT2D eigenvalue weighted by Crippen LogP contribution is -2.35. The number of carbonyl (C=O) groups is 2. The lowest BCUT2D eigenvalue weighted by molar-refractivity contribution is -0.165. The van der Waals surface area contributed by atoms with Gasteiger partial charge >= 0.3 is 11.9 Å². The average Bonchev–Trinajstić information content (AvgIpc) is 2.51. The van der Waals surface area contributed by atoms with Crippen LogP contribution in [-0.4, -0.2) is 48.2 Å². The molecule has 0 aliphatic heterocycles. The number of rotatable bonds is 14. The average molecular weight is 400 g/mol. The Kier molecular flexibility index (Phi) is 12.0. The van der Waals surface area contributed by atoms with E-state index < -0.39 is 11.2 Å². The maximum Gasteiger partial charge on any atom is 0.306 e. The third kappa shape index (κ3) is 13.1. The number of esters is 2. The first kappa shape index (κ1) is 26.9. The van der Waals surface area contributed by atoms with Crippen molar-refractivity contribution in [3.8, 4) is 0 Å². The molecule has 2 unspecified atom stereocenters. The van der Waals surface area contributed by atoms with Crippen LogP contribution in [0.2, 0.25) is 0 Å². The smallest absolute Gasteiger partial charge is 0.306 e. The third-order valence-electron chi connectivity index (χ3n) is 5.08. The molecule has 2 atom stereocenters. The molecule has 0 radical (unpaired) electrons. The molecule has 5 nitrogen and oxygen atoms in total. The standard InChI is InChI=1S/C23H45NO4/c1-10-12-18(3)15-20(25)27-22(5,6)13-14-23(7,8)28-21(26)16-19(4)17-24(9)11-2/h18-19H,10-17H2,1-9H3. The van der Waals surface area contributed by atoms with E-state index in [4.69, 9.17) is 9.47 Å². The maximum absolute atomic E-state index is 12.3. The molecule has 0 saturated carbocycles. The Balaban J connectivity index is 4.44. The monoisotopic (exact) mass is 399 g/mol. The molecule has 0 rings (SSSR count). The van der Waals surface area contributed by atoms with Gasteiger partial charge in [0.2, 0.25) is 0 Å². The van der Waals surface area contributed by atoms with E-state index in [1.165, 1.54) is 0 Å². The summed E-state index contributed by atoms with van der Waals surface area (Å²) >= 11 is 0. The molecule has 0 heterocycles. The van der Waals surface area contributed by atoms with Gasteiger partial charge in [0.1, 0.15) is 11.2 Å². The van der Waals surface area contributed by atoms with Gasteiger partial charge in [-0.15, -0.1) is 0 Å². The number of ether oxygens (including phenoxy) is 2. The van der Waals surface area contributed by atoms with E-state index in [0.717, 1.165) is 25.9 Å². The second-order valence-corrected chi connectivity index (χ2v) is 9.73. The fourth-order valence-corrected chi connectivity index (χ4v) is 3.29. The molecular weight excluding hydrogens is 354 g/mol. The molecule has 0 aromatic rings. The highest BCUT2D eigenvalue weighted by Crippen LogP contribution is 2.26. The fraction of sp³-hybridized carbons (Fsp3) is 0.913. The minimum atomic E-state index is -0.577. The van der Waals surface area contributed by atoms with Gasteiger partial charge in [-0.3, -0.25) is 9.59 Å². The van der Waals surface area contributed by atoms with Crippen molar-refractivity contribution >= 4 is 11.9 Å². The summed E-state index contributed by atoms with van der Waals surface area (Å²) in [5, 5.41) is 0. The van der Waals surface area contributed by atoms with E-state index >= 15 is 0 Å². The number of nitrogens with zero attached hydrogens (tertiary/aromatic N) is 1. The highest BCUT2D eigenvalue weighted by Gasteiger charge is 2.30. The molecule has 28 heavy (non-hydrogen) atoms. The van der Waals surface area contributed by atoms with Gasteiger partial charge in [-0.1, -0.05) is 40.5 Å². The van der Waals surface area contributed by atoms with Gasteiger partial charge in [0.05, 0.1) is 0 Å². The van der Waals surface area contributed by atoms with Gasteiger partial charge in [-0.2, -0.15) is 0 Å². The van der Waals surface area contributed by atoms with Gasteiger partial charge in [0.25, 0.3) is 0 Å². The molecule has 0 aliphatic rings. The van der Waals surface area contributed by atoms with E-state index in [-0.39, 0.29) is 17.9 Å². The van der Waals surface area contributed by atoms with Gasteiger partial charge in [-0.05, 0) is 66.0 Å². The summed E-state index contributed by atoms with van der Waals surface area (Å²) < 4.78 is 11.4. The zero-order chi connectivity index (χ0) is 22.0. The van der Waals surface area contributed by atoms with Gasteiger partial charge in [-0.25, -0.2) is 0 Å². The van der Waals surface area contributed by atoms with E-state index in [9.17, 15) is 9.59 Å². The summed E-state index contributed by atoms with van der Waals surface area (Å²) in [6.45, 7) is 17.9. The molecule has 0 aromatic carbocycles. The number of hydrogen-bond acceptors (Lipinski definition) is 5. The van der Waals surface area contributed by atoms with Crippen molar-refractivity contribution in [3.63, 3.8) is 0 Å². The predicted octanol–water partition coefficient (Wildman–Crippen LogP) is 5.21. The van der Waals surface area contributed by atoms with Crippen molar-refractivity contribution in [2.75, 3.05) is 20.1 Å². The second kappa shape index (κ2) is 12.5. The van der Waals surface area contributed by atoms with Crippen LogP contribution < -0.4 is 0 Å². The van der Waals surface area contributed by atoms with Crippen molar-refractivity contribution < 1.29 is 19.1 Å². The van der Waals surface area contributed by atoms with Crippen LogP contribution in [0, 0.1) is 11.8 Å². The fourth-order valence-electron chi connectivity index (χ4n) is 3.29. The summed E-state index contributed by atoms with van der Waals surface area (Å²) in [7, 11) is 2.05. The molecular formula is C23H45NO4. The van der Waals surface area contributed by atoms with E-state index in [2.05, 4.69) is 39.6 Å². The van der Waals surface area contributed by atoms with Crippen molar-refractivity contribution in [3.05, 3.63) is 0 Å². The molecule has 0 fully saturated rings. The summed E-state index contributed by atoms with van der Waals surface area (Å²) in [5.74, 6) is 0.301. The normalized spacial score (nSPS) is 14.6. The second-order valence-electron chi connectivity index (χ2n) is 9.73. The quantitative estimate of drug-likeness (QED) is 0.375. The Labute approximate surface area is 173 Å². The molecule has 0 saturated heterocycles.